The highest BCUT2D eigenvalue weighted by Crippen LogP contribution is 2.29. The van der Waals surface area contributed by atoms with Crippen LogP contribution in [0.1, 0.15) is 5.56 Å². The van der Waals surface area contributed by atoms with E-state index in [0.29, 0.717) is 0 Å². The van der Waals surface area contributed by atoms with E-state index in [4.69, 9.17) is 5.84 Å². The van der Waals surface area contributed by atoms with E-state index in [1.54, 1.807) is 11.1 Å². The van der Waals surface area contributed by atoms with Gasteiger partial charge in [0, 0.05) is 18.7 Å². The quantitative estimate of drug-likeness (QED) is 0.393. The van der Waals surface area contributed by atoms with Crippen LogP contribution in [0.2, 0.25) is 0 Å². The third-order valence-corrected chi connectivity index (χ3v) is 2.21. The maximum absolute atomic E-state index is 10.5. The van der Waals surface area contributed by atoms with Gasteiger partial charge in [0.1, 0.15) is 0 Å². The Bertz CT molecular complexity index is 364. The van der Waals surface area contributed by atoms with Crippen molar-refractivity contribution in [3.63, 3.8) is 0 Å². The molecule has 0 amide bonds. The lowest BCUT2D eigenvalue weighted by Crippen LogP contribution is -2.28. The van der Waals surface area contributed by atoms with Crippen molar-refractivity contribution in [2.24, 2.45) is 5.84 Å². The number of fused-ring (bicyclic) bond motifs is 1. The second-order valence-corrected chi connectivity index (χ2v) is 3.01. The van der Waals surface area contributed by atoms with Crippen LogP contribution in [0.4, 0.5) is 11.4 Å². The molecule has 1 heterocycles. The standard InChI is InChI=1S/C8H9N3O2/c9-10-4-3-6-1-2-7(11(12)13)5-8(6)10/h1-2,5H,3-4,9H2. The first-order chi connectivity index (χ1) is 6.18. The molecule has 0 saturated carbocycles. The van der Waals surface area contributed by atoms with Crippen molar-refractivity contribution in [1.29, 1.82) is 0 Å². The Morgan fingerprint density at radius 3 is 3.00 bits per heavy atom. The van der Waals surface area contributed by atoms with Crippen molar-refractivity contribution in [2.45, 2.75) is 6.42 Å². The summed E-state index contributed by atoms with van der Waals surface area (Å²) in [5, 5.41) is 12.0. The highest BCUT2D eigenvalue weighted by atomic mass is 16.6. The van der Waals surface area contributed by atoms with Crippen molar-refractivity contribution in [3.05, 3.63) is 33.9 Å². The van der Waals surface area contributed by atoms with Gasteiger partial charge in [0.2, 0.25) is 0 Å². The highest BCUT2D eigenvalue weighted by molar-refractivity contribution is 5.61. The fourth-order valence-corrected chi connectivity index (χ4v) is 1.51. The normalized spacial score (nSPS) is 14.4. The molecule has 0 atom stereocenters. The molecule has 13 heavy (non-hydrogen) atoms. The molecule has 2 N–H and O–H groups in total. The Morgan fingerprint density at radius 1 is 1.54 bits per heavy atom. The zero-order valence-corrected chi connectivity index (χ0v) is 6.93. The van der Waals surface area contributed by atoms with Gasteiger partial charge in [-0.05, 0) is 12.0 Å². The molecule has 0 radical (unpaired) electrons. The molecule has 5 heteroatoms. The van der Waals surface area contributed by atoms with Crippen molar-refractivity contribution < 1.29 is 4.92 Å². The molecule has 1 aliphatic heterocycles. The molecular formula is C8H9N3O2. The molecule has 1 aromatic carbocycles. The molecule has 0 fully saturated rings. The molecule has 0 aliphatic carbocycles. The van der Waals surface area contributed by atoms with Gasteiger partial charge in [-0.2, -0.15) is 0 Å². The van der Waals surface area contributed by atoms with Crippen LogP contribution in [-0.4, -0.2) is 11.5 Å². The van der Waals surface area contributed by atoms with Gasteiger partial charge in [0.15, 0.2) is 0 Å². The second-order valence-electron chi connectivity index (χ2n) is 3.01. The smallest absolute Gasteiger partial charge is 0.271 e. The molecule has 0 aromatic heterocycles. The van der Waals surface area contributed by atoms with E-state index in [1.807, 2.05) is 0 Å². The summed E-state index contributed by atoms with van der Waals surface area (Å²) in [5.41, 5.74) is 1.94. The number of rotatable bonds is 1. The van der Waals surface area contributed by atoms with E-state index < -0.39 is 4.92 Å². The zero-order valence-electron chi connectivity index (χ0n) is 6.93. The van der Waals surface area contributed by atoms with Crippen LogP contribution < -0.4 is 10.9 Å². The molecule has 0 saturated heterocycles. The van der Waals surface area contributed by atoms with Crippen LogP contribution in [-0.2, 0) is 6.42 Å². The monoisotopic (exact) mass is 179 g/mol. The van der Waals surface area contributed by atoms with Crippen LogP contribution in [0.15, 0.2) is 18.2 Å². The minimum absolute atomic E-state index is 0.0936. The lowest BCUT2D eigenvalue weighted by Gasteiger charge is -2.10. The van der Waals surface area contributed by atoms with Gasteiger partial charge in [0.25, 0.3) is 5.69 Å². The van der Waals surface area contributed by atoms with Gasteiger partial charge in [-0.3, -0.25) is 10.1 Å². The van der Waals surface area contributed by atoms with Gasteiger partial charge in [0.05, 0.1) is 10.6 Å². The number of nitro groups is 1. The second kappa shape index (κ2) is 2.70. The first-order valence-electron chi connectivity index (χ1n) is 3.98. The average Bonchev–Trinajstić information content (AvgIpc) is 2.47. The third kappa shape index (κ3) is 1.23. The van der Waals surface area contributed by atoms with Gasteiger partial charge in [-0.15, -0.1) is 0 Å². The minimum atomic E-state index is -0.410. The number of anilines is 1. The summed E-state index contributed by atoms with van der Waals surface area (Å²) >= 11 is 0. The molecular weight excluding hydrogens is 170 g/mol. The SMILES string of the molecule is NN1CCc2ccc([N+](=O)[O-])cc21. The summed E-state index contributed by atoms with van der Waals surface area (Å²) in [6, 6.07) is 4.79. The summed E-state index contributed by atoms with van der Waals surface area (Å²) in [6.07, 6.45) is 0.865. The number of non-ortho nitro benzene ring substituents is 1. The molecule has 5 nitrogen and oxygen atoms in total. The summed E-state index contributed by atoms with van der Waals surface area (Å²) in [7, 11) is 0. The first-order valence-corrected chi connectivity index (χ1v) is 3.98. The summed E-state index contributed by atoms with van der Waals surface area (Å²) in [4.78, 5) is 10.0. The number of hydrazine groups is 1. The fourth-order valence-electron chi connectivity index (χ4n) is 1.51. The summed E-state index contributed by atoms with van der Waals surface area (Å²) < 4.78 is 0. The van der Waals surface area contributed by atoms with E-state index in [0.717, 1.165) is 24.2 Å². The molecule has 0 bridgehead atoms. The Labute approximate surface area is 74.9 Å². The van der Waals surface area contributed by atoms with Crippen LogP contribution in [0, 0.1) is 10.1 Å². The molecule has 2 rings (SSSR count). The van der Waals surface area contributed by atoms with E-state index in [-0.39, 0.29) is 5.69 Å². The Hall–Kier alpha value is -1.62. The molecule has 0 spiro atoms. The predicted octanol–water partition coefficient (Wildman–Crippen LogP) is 0.831. The zero-order chi connectivity index (χ0) is 9.42. The van der Waals surface area contributed by atoms with E-state index in [9.17, 15) is 10.1 Å². The Morgan fingerprint density at radius 2 is 2.31 bits per heavy atom. The lowest BCUT2D eigenvalue weighted by atomic mass is 10.1. The van der Waals surface area contributed by atoms with Crippen molar-refractivity contribution >= 4 is 11.4 Å². The molecule has 68 valence electrons. The van der Waals surface area contributed by atoms with Crippen LogP contribution in [0.25, 0.3) is 0 Å². The highest BCUT2D eigenvalue weighted by Gasteiger charge is 2.19. The number of benzene rings is 1. The number of nitro benzene ring substituents is 1. The Balaban J connectivity index is 2.47. The van der Waals surface area contributed by atoms with Gasteiger partial charge in [-0.1, -0.05) is 6.07 Å². The third-order valence-electron chi connectivity index (χ3n) is 2.21. The largest absolute Gasteiger partial charge is 0.310 e. The topological polar surface area (TPSA) is 72.4 Å². The van der Waals surface area contributed by atoms with Crippen LogP contribution >= 0.6 is 0 Å². The molecule has 1 aromatic rings. The van der Waals surface area contributed by atoms with E-state index in [2.05, 4.69) is 0 Å². The summed E-state index contributed by atoms with van der Waals surface area (Å²) in [5.74, 6) is 5.63. The van der Waals surface area contributed by atoms with E-state index >= 15 is 0 Å². The molecule has 1 aliphatic rings. The Kier molecular flexibility index (Phi) is 1.66. The van der Waals surface area contributed by atoms with Crippen LogP contribution in [0.3, 0.4) is 0 Å². The minimum Gasteiger partial charge on any atom is -0.310 e. The fraction of sp³-hybridized carbons (Fsp3) is 0.250. The van der Waals surface area contributed by atoms with Crippen molar-refractivity contribution in [1.82, 2.24) is 0 Å². The van der Waals surface area contributed by atoms with E-state index in [1.165, 1.54) is 12.1 Å². The number of hydrogen-bond acceptors (Lipinski definition) is 4. The number of hydrogen-bond donors (Lipinski definition) is 1. The van der Waals surface area contributed by atoms with Gasteiger partial charge < -0.3 is 5.01 Å². The summed E-state index contributed by atoms with van der Waals surface area (Å²) in [6.45, 7) is 0.733. The average molecular weight is 179 g/mol. The van der Waals surface area contributed by atoms with Gasteiger partial charge >= 0.3 is 0 Å². The number of nitrogens with zero attached hydrogens (tertiary/aromatic N) is 2. The maximum Gasteiger partial charge on any atom is 0.271 e. The molecule has 0 unspecified atom stereocenters. The first kappa shape index (κ1) is 8.00. The van der Waals surface area contributed by atoms with Crippen molar-refractivity contribution in [3.8, 4) is 0 Å². The lowest BCUT2D eigenvalue weighted by molar-refractivity contribution is -0.384. The predicted molar refractivity (Wildman–Crippen MR) is 48.3 cm³/mol. The maximum atomic E-state index is 10.5. The van der Waals surface area contributed by atoms with Gasteiger partial charge in [-0.25, -0.2) is 5.84 Å². The van der Waals surface area contributed by atoms with Crippen molar-refractivity contribution in [2.75, 3.05) is 11.6 Å². The van der Waals surface area contributed by atoms with Crippen LogP contribution in [0.5, 0.6) is 0 Å². The number of nitrogens with two attached hydrogens (primary N) is 1.